The second kappa shape index (κ2) is 9.75. The molecule has 0 aliphatic heterocycles. The monoisotopic (exact) mass is 421 g/mol. The van der Waals surface area contributed by atoms with E-state index in [1.165, 1.54) is 0 Å². The Labute approximate surface area is 187 Å². The second-order valence-corrected chi connectivity index (χ2v) is 7.51. The van der Waals surface area contributed by atoms with Gasteiger partial charge in [0.05, 0.1) is 5.56 Å². The van der Waals surface area contributed by atoms with E-state index in [1.807, 2.05) is 79.7 Å². The van der Waals surface area contributed by atoms with Crippen molar-refractivity contribution in [3.8, 4) is 0 Å². The number of aryl methyl sites for hydroxylation is 1. The molecule has 0 unspecified atom stereocenters. The minimum absolute atomic E-state index is 0.234. The second-order valence-electron chi connectivity index (χ2n) is 7.51. The number of anilines is 1. The zero-order chi connectivity index (χ0) is 22.3. The summed E-state index contributed by atoms with van der Waals surface area (Å²) in [5.74, 6) is -0.698. The smallest absolute Gasteiger partial charge is 0.339 e. The molecule has 158 valence electrons. The van der Waals surface area contributed by atoms with Crippen molar-refractivity contribution in [1.29, 1.82) is 0 Å². The maximum absolute atomic E-state index is 13.0. The molecule has 0 saturated heterocycles. The number of ether oxygens (including phenoxy) is 1. The maximum Gasteiger partial charge on any atom is 0.339 e. The van der Waals surface area contributed by atoms with Crippen LogP contribution in [0.1, 0.15) is 43.5 Å². The van der Waals surface area contributed by atoms with Crippen molar-refractivity contribution >= 4 is 17.6 Å². The van der Waals surface area contributed by atoms with Crippen LogP contribution in [0.3, 0.4) is 0 Å². The van der Waals surface area contributed by atoms with Crippen LogP contribution in [0.4, 0.5) is 5.69 Å². The lowest BCUT2D eigenvalue weighted by molar-refractivity contribution is 0.0378. The Morgan fingerprint density at radius 1 is 0.688 bits per heavy atom. The van der Waals surface area contributed by atoms with Gasteiger partial charge in [0.2, 0.25) is 0 Å². The highest BCUT2D eigenvalue weighted by Gasteiger charge is 2.20. The van der Waals surface area contributed by atoms with Gasteiger partial charge in [-0.25, -0.2) is 4.79 Å². The first-order valence-corrected chi connectivity index (χ1v) is 10.4. The topological polar surface area (TPSA) is 55.4 Å². The van der Waals surface area contributed by atoms with Gasteiger partial charge in [0.25, 0.3) is 5.91 Å². The van der Waals surface area contributed by atoms with Crippen LogP contribution in [-0.4, -0.2) is 11.9 Å². The molecule has 1 N–H and O–H groups in total. The third-order valence-corrected chi connectivity index (χ3v) is 5.10. The van der Waals surface area contributed by atoms with Gasteiger partial charge in [0.15, 0.2) is 6.10 Å². The third kappa shape index (κ3) is 5.10. The van der Waals surface area contributed by atoms with Crippen molar-refractivity contribution in [3.05, 3.63) is 137 Å². The molecule has 0 fully saturated rings. The molecule has 4 aromatic rings. The van der Waals surface area contributed by atoms with Gasteiger partial charge in [-0.15, -0.1) is 0 Å². The summed E-state index contributed by atoms with van der Waals surface area (Å²) in [7, 11) is 0. The quantitative estimate of drug-likeness (QED) is 0.378. The number of amides is 1. The Hall–Kier alpha value is -4.18. The first-order chi connectivity index (χ1) is 15.6. The van der Waals surface area contributed by atoms with Crippen LogP contribution in [0.5, 0.6) is 0 Å². The normalized spacial score (nSPS) is 10.6. The Morgan fingerprint density at radius 2 is 1.28 bits per heavy atom. The molecule has 4 rings (SSSR count). The minimum Gasteiger partial charge on any atom is -0.449 e. The van der Waals surface area contributed by atoms with E-state index in [0.29, 0.717) is 16.8 Å². The van der Waals surface area contributed by atoms with E-state index in [1.54, 1.807) is 36.4 Å². The molecule has 0 atom stereocenters. The third-order valence-electron chi connectivity index (χ3n) is 5.10. The molecule has 0 aromatic heterocycles. The zero-order valence-electron chi connectivity index (χ0n) is 17.7. The molecular weight excluding hydrogens is 398 g/mol. The number of carbonyl (C=O) groups is 2. The van der Waals surface area contributed by atoms with E-state index in [0.717, 1.165) is 16.7 Å². The number of hydrogen-bond acceptors (Lipinski definition) is 3. The molecule has 0 aliphatic rings. The number of rotatable bonds is 6. The fourth-order valence-corrected chi connectivity index (χ4v) is 3.39. The van der Waals surface area contributed by atoms with Crippen LogP contribution in [0.15, 0.2) is 109 Å². The Bertz CT molecular complexity index is 1160. The van der Waals surface area contributed by atoms with Crippen LogP contribution in [0.2, 0.25) is 0 Å². The first kappa shape index (κ1) is 21.1. The number of carbonyl (C=O) groups excluding carboxylic acids is 2. The zero-order valence-corrected chi connectivity index (χ0v) is 17.7. The van der Waals surface area contributed by atoms with E-state index < -0.39 is 12.1 Å². The molecule has 0 radical (unpaired) electrons. The molecule has 0 aliphatic carbocycles. The standard InChI is InChI=1S/C28H23NO3/c1-20-15-17-23(18-16-20)27(30)29-25-14-8-13-24(19-25)28(31)32-26(21-9-4-2-5-10-21)22-11-6-3-7-12-22/h2-19,26H,1H3,(H,29,30). The van der Waals surface area contributed by atoms with Gasteiger partial charge in [0, 0.05) is 11.3 Å². The van der Waals surface area contributed by atoms with Crippen LogP contribution >= 0.6 is 0 Å². The van der Waals surface area contributed by atoms with Crippen molar-refractivity contribution in [1.82, 2.24) is 0 Å². The maximum atomic E-state index is 13.0. The SMILES string of the molecule is Cc1ccc(C(=O)Nc2cccc(C(=O)OC(c3ccccc3)c3ccccc3)c2)cc1. The molecule has 1 amide bonds. The van der Waals surface area contributed by atoms with Crippen molar-refractivity contribution < 1.29 is 14.3 Å². The summed E-state index contributed by atoms with van der Waals surface area (Å²) < 4.78 is 5.91. The van der Waals surface area contributed by atoms with Gasteiger partial charge in [-0.1, -0.05) is 84.4 Å². The van der Waals surface area contributed by atoms with Crippen LogP contribution in [0, 0.1) is 6.92 Å². The van der Waals surface area contributed by atoms with E-state index in [2.05, 4.69) is 5.32 Å². The summed E-state index contributed by atoms with van der Waals surface area (Å²) in [5.41, 5.74) is 4.30. The number of esters is 1. The van der Waals surface area contributed by atoms with E-state index in [-0.39, 0.29) is 5.91 Å². The molecule has 0 spiro atoms. The molecular formula is C28H23NO3. The molecule has 4 nitrogen and oxygen atoms in total. The number of nitrogens with one attached hydrogen (secondary N) is 1. The Morgan fingerprint density at radius 3 is 1.88 bits per heavy atom. The van der Waals surface area contributed by atoms with Gasteiger partial charge in [-0.05, 0) is 48.4 Å². The summed E-state index contributed by atoms with van der Waals surface area (Å²) in [4.78, 5) is 25.5. The summed E-state index contributed by atoms with van der Waals surface area (Å²) in [6, 6.07) is 33.3. The number of hydrogen-bond donors (Lipinski definition) is 1. The lowest BCUT2D eigenvalue weighted by Gasteiger charge is -2.19. The summed E-state index contributed by atoms with van der Waals surface area (Å²) in [6.45, 7) is 1.97. The van der Waals surface area contributed by atoms with E-state index in [9.17, 15) is 9.59 Å². The van der Waals surface area contributed by atoms with Crippen molar-refractivity contribution in [2.24, 2.45) is 0 Å². The molecule has 0 saturated carbocycles. The average Bonchev–Trinajstić information content (AvgIpc) is 2.84. The number of benzene rings is 4. The van der Waals surface area contributed by atoms with Gasteiger partial charge in [-0.2, -0.15) is 0 Å². The molecule has 0 bridgehead atoms. The van der Waals surface area contributed by atoms with Gasteiger partial charge >= 0.3 is 5.97 Å². The summed E-state index contributed by atoms with van der Waals surface area (Å²) >= 11 is 0. The van der Waals surface area contributed by atoms with Crippen LogP contribution in [-0.2, 0) is 4.74 Å². The lowest BCUT2D eigenvalue weighted by Crippen LogP contribution is -2.15. The highest BCUT2D eigenvalue weighted by molar-refractivity contribution is 6.04. The highest BCUT2D eigenvalue weighted by Crippen LogP contribution is 2.27. The largest absolute Gasteiger partial charge is 0.449 e. The molecule has 4 aromatic carbocycles. The van der Waals surface area contributed by atoms with E-state index >= 15 is 0 Å². The summed E-state index contributed by atoms with van der Waals surface area (Å²) in [6.07, 6.45) is -0.532. The van der Waals surface area contributed by atoms with Crippen molar-refractivity contribution in [2.75, 3.05) is 5.32 Å². The fraction of sp³-hybridized carbons (Fsp3) is 0.0714. The molecule has 4 heteroatoms. The van der Waals surface area contributed by atoms with Crippen LogP contribution in [0.25, 0.3) is 0 Å². The van der Waals surface area contributed by atoms with E-state index in [4.69, 9.17) is 4.74 Å². The van der Waals surface area contributed by atoms with Crippen molar-refractivity contribution in [2.45, 2.75) is 13.0 Å². The van der Waals surface area contributed by atoms with Gasteiger partial charge < -0.3 is 10.1 Å². The minimum atomic E-state index is -0.532. The predicted molar refractivity (Wildman–Crippen MR) is 126 cm³/mol. The van der Waals surface area contributed by atoms with Gasteiger partial charge in [0.1, 0.15) is 0 Å². The van der Waals surface area contributed by atoms with Crippen molar-refractivity contribution in [3.63, 3.8) is 0 Å². The van der Waals surface area contributed by atoms with Gasteiger partial charge in [-0.3, -0.25) is 4.79 Å². The molecule has 32 heavy (non-hydrogen) atoms. The highest BCUT2D eigenvalue weighted by atomic mass is 16.5. The van der Waals surface area contributed by atoms with Crippen LogP contribution < -0.4 is 5.32 Å². The average molecular weight is 421 g/mol. The molecule has 0 heterocycles. The predicted octanol–water partition coefficient (Wildman–Crippen LogP) is 6.19. The Kier molecular flexibility index (Phi) is 6.42. The lowest BCUT2D eigenvalue weighted by atomic mass is 10.0. The summed E-state index contributed by atoms with van der Waals surface area (Å²) in [5, 5.41) is 2.84. The fourth-order valence-electron chi connectivity index (χ4n) is 3.39. The Balaban J connectivity index is 1.53. The first-order valence-electron chi connectivity index (χ1n) is 10.4.